The Morgan fingerprint density at radius 1 is 1.40 bits per heavy atom. The summed E-state index contributed by atoms with van der Waals surface area (Å²) in [5, 5.41) is 3.41. The average molecular weight is 230 g/mol. The Balaban J connectivity index is 0.000000853. The molecular weight excluding hydrogens is 217 g/mol. The second-order valence-corrected chi connectivity index (χ2v) is 3.91. The fraction of sp³-hybridized carbons (Fsp3) is 0.455. The van der Waals surface area contributed by atoms with Gasteiger partial charge in [0.15, 0.2) is 0 Å². The van der Waals surface area contributed by atoms with Crippen LogP contribution in [0.5, 0.6) is 5.75 Å². The molecule has 15 heavy (non-hydrogen) atoms. The van der Waals surface area contributed by atoms with Gasteiger partial charge in [0.1, 0.15) is 17.7 Å². The third-order valence-electron chi connectivity index (χ3n) is 2.99. The second-order valence-electron chi connectivity index (χ2n) is 3.91. The summed E-state index contributed by atoms with van der Waals surface area (Å²) >= 11 is 0. The van der Waals surface area contributed by atoms with Crippen molar-refractivity contribution < 1.29 is 9.13 Å². The molecule has 2 nitrogen and oxygen atoms in total. The summed E-state index contributed by atoms with van der Waals surface area (Å²) in [6, 6.07) is 5.09. The maximum Gasteiger partial charge on any atom is 0.127 e. The molecule has 4 heteroatoms. The summed E-state index contributed by atoms with van der Waals surface area (Å²) in [6.07, 6.45) is 2.41. The molecule has 3 rings (SSSR count). The fourth-order valence-electron chi connectivity index (χ4n) is 2.33. The molecule has 2 aliphatic rings. The molecule has 82 valence electrons. The minimum Gasteiger partial charge on any atom is -0.488 e. The van der Waals surface area contributed by atoms with Crippen LogP contribution in [0.1, 0.15) is 24.4 Å². The van der Waals surface area contributed by atoms with E-state index in [1.807, 2.05) is 6.07 Å². The van der Waals surface area contributed by atoms with Gasteiger partial charge < -0.3 is 10.1 Å². The summed E-state index contributed by atoms with van der Waals surface area (Å²) in [7, 11) is 0. The van der Waals surface area contributed by atoms with Gasteiger partial charge in [-0.1, -0.05) is 6.07 Å². The van der Waals surface area contributed by atoms with Gasteiger partial charge in [-0.3, -0.25) is 0 Å². The Hall–Kier alpha value is -0.800. The van der Waals surface area contributed by atoms with E-state index < -0.39 is 0 Å². The number of hydrogen-bond donors (Lipinski definition) is 1. The molecule has 0 bridgehead atoms. The highest BCUT2D eigenvalue weighted by atomic mass is 35.5. The van der Waals surface area contributed by atoms with Crippen LogP contribution in [0.25, 0.3) is 0 Å². The summed E-state index contributed by atoms with van der Waals surface area (Å²) in [5.74, 6) is 0.497. The zero-order valence-electron chi connectivity index (χ0n) is 8.20. The molecule has 2 heterocycles. The van der Waals surface area contributed by atoms with Gasteiger partial charge in [-0.25, -0.2) is 4.39 Å². The molecular formula is C11H13ClFNO. The summed E-state index contributed by atoms with van der Waals surface area (Å²) < 4.78 is 18.6. The number of hydrogen-bond acceptors (Lipinski definition) is 2. The van der Waals surface area contributed by atoms with E-state index in [0.717, 1.165) is 30.7 Å². The summed E-state index contributed by atoms with van der Waals surface area (Å²) in [4.78, 5) is 0. The first-order valence-corrected chi connectivity index (χ1v) is 5.04. The van der Waals surface area contributed by atoms with Crippen LogP contribution in [-0.4, -0.2) is 12.6 Å². The van der Waals surface area contributed by atoms with E-state index in [1.54, 1.807) is 0 Å². The average Bonchev–Trinajstić information content (AvgIpc) is 2.54. The third-order valence-corrected chi connectivity index (χ3v) is 2.99. The lowest BCUT2D eigenvalue weighted by Gasteiger charge is -2.25. The zero-order chi connectivity index (χ0) is 9.54. The van der Waals surface area contributed by atoms with Crippen LogP contribution in [0, 0.1) is 5.82 Å². The molecule has 2 aliphatic heterocycles. The SMILES string of the molecule is Cl.Fc1ccc2c(c1)O[C@H]1CCCN[C@@H]21. The molecule has 0 saturated carbocycles. The highest BCUT2D eigenvalue weighted by Crippen LogP contribution is 2.40. The number of halogens is 2. The lowest BCUT2D eigenvalue weighted by atomic mass is 9.97. The molecule has 0 amide bonds. The van der Waals surface area contributed by atoms with Crippen LogP contribution in [0.4, 0.5) is 4.39 Å². The fourth-order valence-corrected chi connectivity index (χ4v) is 2.33. The molecule has 2 atom stereocenters. The standard InChI is InChI=1S/C11H12FNO.ClH/c12-7-3-4-8-10(6-7)14-9-2-1-5-13-11(8)9;/h3-4,6,9,11,13H,1-2,5H2;1H/t9-,11-;/m0./s1. The minimum atomic E-state index is -0.220. The molecule has 0 unspecified atom stereocenters. The quantitative estimate of drug-likeness (QED) is 0.738. The zero-order valence-corrected chi connectivity index (χ0v) is 9.02. The van der Waals surface area contributed by atoms with Crippen molar-refractivity contribution in [2.45, 2.75) is 25.0 Å². The van der Waals surface area contributed by atoms with Crippen molar-refractivity contribution in [1.82, 2.24) is 5.32 Å². The van der Waals surface area contributed by atoms with Crippen molar-refractivity contribution in [3.8, 4) is 5.75 Å². The first-order chi connectivity index (χ1) is 6.84. The summed E-state index contributed by atoms with van der Waals surface area (Å²) in [6.45, 7) is 1.03. The van der Waals surface area contributed by atoms with Crippen molar-refractivity contribution >= 4 is 12.4 Å². The molecule has 0 radical (unpaired) electrons. The van der Waals surface area contributed by atoms with E-state index >= 15 is 0 Å². The van der Waals surface area contributed by atoms with Crippen LogP contribution >= 0.6 is 12.4 Å². The van der Waals surface area contributed by atoms with Crippen LogP contribution < -0.4 is 10.1 Å². The van der Waals surface area contributed by atoms with E-state index in [-0.39, 0.29) is 30.4 Å². The lowest BCUT2D eigenvalue weighted by Crippen LogP contribution is -2.36. The van der Waals surface area contributed by atoms with Gasteiger partial charge >= 0.3 is 0 Å². The Kier molecular flexibility index (Phi) is 2.85. The van der Waals surface area contributed by atoms with Gasteiger partial charge in [0.2, 0.25) is 0 Å². The maximum atomic E-state index is 12.9. The van der Waals surface area contributed by atoms with Gasteiger partial charge in [-0.2, -0.15) is 0 Å². The molecule has 1 fully saturated rings. The van der Waals surface area contributed by atoms with Gasteiger partial charge in [0, 0.05) is 11.6 Å². The molecule has 1 N–H and O–H groups in total. The first kappa shape index (κ1) is 10.7. The Morgan fingerprint density at radius 3 is 3.13 bits per heavy atom. The number of ether oxygens (including phenoxy) is 1. The Morgan fingerprint density at radius 2 is 2.27 bits per heavy atom. The predicted octanol–water partition coefficient (Wildman–Crippen LogP) is 2.43. The first-order valence-electron chi connectivity index (χ1n) is 5.04. The molecule has 1 aromatic carbocycles. The van der Waals surface area contributed by atoms with Crippen LogP contribution in [-0.2, 0) is 0 Å². The van der Waals surface area contributed by atoms with Crippen molar-refractivity contribution in [2.75, 3.05) is 6.54 Å². The van der Waals surface area contributed by atoms with Crippen molar-refractivity contribution in [3.63, 3.8) is 0 Å². The van der Waals surface area contributed by atoms with Crippen LogP contribution in [0.15, 0.2) is 18.2 Å². The van der Waals surface area contributed by atoms with E-state index in [2.05, 4.69) is 5.32 Å². The smallest absolute Gasteiger partial charge is 0.127 e. The maximum absolute atomic E-state index is 12.9. The highest BCUT2D eigenvalue weighted by molar-refractivity contribution is 5.85. The van der Waals surface area contributed by atoms with Crippen molar-refractivity contribution in [3.05, 3.63) is 29.6 Å². The number of rotatable bonds is 0. The monoisotopic (exact) mass is 229 g/mol. The van der Waals surface area contributed by atoms with E-state index in [1.165, 1.54) is 12.1 Å². The van der Waals surface area contributed by atoms with Crippen molar-refractivity contribution in [2.24, 2.45) is 0 Å². The molecule has 0 spiro atoms. The molecule has 1 saturated heterocycles. The largest absolute Gasteiger partial charge is 0.488 e. The second kappa shape index (κ2) is 3.99. The highest BCUT2D eigenvalue weighted by Gasteiger charge is 2.35. The van der Waals surface area contributed by atoms with Gasteiger partial charge in [-0.15, -0.1) is 12.4 Å². The lowest BCUT2D eigenvalue weighted by molar-refractivity contribution is 0.154. The predicted molar refractivity (Wildman–Crippen MR) is 58.0 cm³/mol. The van der Waals surface area contributed by atoms with Crippen LogP contribution in [0.3, 0.4) is 0 Å². The molecule has 0 aliphatic carbocycles. The van der Waals surface area contributed by atoms with Crippen LogP contribution in [0.2, 0.25) is 0 Å². The van der Waals surface area contributed by atoms with Gasteiger partial charge in [-0.05, 0) is 25.5 Å². The number of piperidine rings is 1. The minimum absolute atomic E-state index is 0. The normalized spacial score (nSPS) is 27.3. The van der Waals surface area contributed by atoms with Crippen molar-refractivity contribution in [1.29, 1.82) is 0 Å². The molecule has 0 aromatic heterocycles. The number of fused-ring (bicyclic) bond motifs is 3. The number of nitrogens with one attached hydrogen (secondary N) is 1. The van der Waals surface area contributed by atoms with Gasteiger partial charge in [0.05, 0.1) is 6.04 Å². The Bertz CT molecular complexity index is 372. The Labute approximate surface area is 94.2 Å². The van der Waals surface area contributed by atoms with E-state index in [9.17, 15) is 4.39 Å². The molecule has 1 aromatic rings. The van der Waals surface area contributed by atoms with E-state index in [0.29, 0.717) is 0 Å². The summed E-state index contributed by atoms with van der Waals surface area (Å²) in [5.41, 5.74) is 1.11. The van der Waals surface area contributed by atoms with Gasteiger partial charge in [0.25, 0.3) is 0 Å². The topological polar surface area (TPSA) is 21.3 Å². The third kappa shape index (κ3) is 1.70. The van der Waals surface area contributed by atoms with E-state index in [4.69, 9.17) is 4.74 Å². The number of benzene rings is 1.